The van der Waals surface area contributed by atoms with E-state index in [9.17, 15) is 0 Å². The Kier molecular flexibility index (Phi) is 7.10. The summed E-state index contributed by atoms with van der Waals surface area (Å²) in [5.41, 5.74) is 2.67. The van der Waals surface area contributed by atoms with Crippen LogP contribution in [0.25, 0.3) is 0 Å². The van der Waals surface area contributed by atoms with Crippen molar-refractivity contribution in [2.24, 2.45) is 0 Å². The van der Waals surface area contributed by atoms with Crippen molar-refractivity contribution in [3.63, 3.8) is 0 Å². The van der Waals surface area contributed by atoms with E-state index in [0.717, 1.165) is 43.5 Å². The number of aryl methyl sites for hydroxylation is 3. The molecule has 0 amide bonds. The molecular formula is C17H25ClN4OS. The average Bonchev–Trinajstić information content (AvgIpc) is 3.00. The van der Waals surface area contributed by atoms with Gasteiger partial charge in [0.1, 0.15) is 0 Å². The summed E-state index contributed by atoms with van der Waals surface area (Å²) < 4.78 is 5.42. The minimum atomic E-state index is 0. The molecule has 1 aromatic heterocycles. The summed E-state index contributed by atoms with van der Waals surface area (Å²) in [5, 5.41) is 7.54. The van der Waals surface area contributed by atoms with Gasteiger partial charge in [0.25, 0.3) is 0 Å². The van der Waals surface area contributed by atoms with Gasteiger partial charge in [0.2, 0.25) is 5.89 Å². The Morgan fingerprint density at radius 1 is 1.33 bits per heavy atom. The fourth-order valence-electron chi connectivity index (χ4n) is 2.66. The first kappa shape index (κ1) is 19.2. The van der Waals surface area contributed by atoms with Crippen LogP contribution in [0, 0.1) is 13.8 Å². The van der Waals surface area contributed by atoms with E-state index in [0.29, 0.717) is 0 Å². The van der Waals surface area contributed by atoms with Gasteiger partial charge in [-0.2, -0.15) is 4.98 Å². The third-order valence-electron chi connectivity index (χ3n) is 4.36. The van der Waals surface area contributed by atoms with Crippen molar-refractivity contribution in [1.82, 2.24) is 20.4 Å². The molecule has 1 fully saturated rings. The zero-order valence-electron chi connectivity index (χ0n) is 14.4. The number of hydrogen-bond donors (Lipinski definition) is 1. The molecule has 3 rings (SSSR count). The topological polar surface area (TPSA) is 54.2 Å². The van der Waals surface area contributed by atoms with Crippen molar-refractivity contribution >= 4 is 24.2 Å². The van der Waals surface area contributed by atoms with Crippen LogP contribution in [-0.4, -0.2) is 47.5 Å². The van der Waals surface area contributed by atoms with Gasteiger partial charge in [0.05, 0.1) is 6.04 Å². The Balaban J connectivity index is 0.00000208. The fourth-order valence-corrected chi connectivity index (χ4v) is 3.60. The molecule has 24 heavy (non-hydrogen) atoms. The minimum absolute atomic E-state index is 0. The molecular weight excluding hydrogens is 344 g/mol. The van der Waals surface area contributed by atoms with Gasteiger partial charge < -0.3 is 9.84 Å². The highest BCUT2D eigenvalue weighted by Crippen LogP contribution is 2.22. The predicted molar refractivity (Wildman–Crippen MR) is 100 cm³/mol. The van der Waals surface area contributed by atoms with Crippen LogP contribution in [0.4, 0.5) is 0 Å². The maximum Gasteiger partial charge on any atom is 0.227 e. The van der Waals surface area contributed by atoms with Gasteiger partial charge in [-0.05, 0) is 44.2 Å². The zero-order valence-corrected chi connectivity index (χ0v) is 16.0. The lowest BCUT2D eigenvalue weighted by molar-refractivity contribution is 0.190. The van der Waals surface area contributed by atoms with E-state index in [2.05, 4.69) is 59.5 Å². The summed E-state index contributed by atoms with van der Waals surface area (Å²) in [5.74, 6) is 2.48. The van der Waals surface area contributed by atoms with Crippen LogP contribution in [0.1, 0.15) is 28.9 Å². The third kappa shape index (κ3) is 4.72. The molecule has 1 aromatic carbocycles. The first-order chi connectivity index (χ1) is 11.1. The Hall–Kier alpha value is -1.08. The molecule has 0 aliphatic carbocycles. The van der Waals surface area contributed by atoms with E-state index in [1.54, 1.807) is 0 Å². The number of aromatic nitrogens is 2. The normalized spacial score (nSPS) is 18.4. The van der Waals surface area contributed by atoms with Crippen LogP contribution in [0.5, 0.6) is 0 Å². The summed E-state index contributed by atoms with van der Waals surface area (Å²) in [7, 11) is 2.11. The van der Waals surface area contributed by atoms with E-state index in [1.807, 2.05) is 11.8 Å². The predicted octanol–water partition coefficient (Wildman–Crippen LogP) is 3.02. The van der Waals surface area contributed by atoms with Crippen LogP contribution in [0.2, 0.25) is 0 Å². The number of nitrogens with one attached hydrogen (secondary N) is 1. The molecule has 2 aromatic rings. The van der Waals surface area contributed by atoms with Crippen LogP contribution in [-0.2, 0) is 6.42 Å². The summed E-state index contributed by atoms with van der Waals surface area (Å²) in [4.78, 5) is 8.14. The largest absolute Gasteiger partial charge is 0.339 e. The Labute approximate surface area is 154 Å². The molecule has 1 saturated heterocycles. The maximum atomic E-state index is 5.42. The van der Waals surface area contributed by atoms with Gasteiger partial charge in [0.15, 0.2) is 5.82 Å². The number of hydrogen-bond acceptors (Lipinski definition) is 6. The Morgan fingerprint density at radius 2 is 2.17 bits per heavy atom. The molecule has 1 aliphatic rings. The second-order valence-electron chi connectivity index (χ2n) is 6.09. The minimum Gasteiger partial charge on any atom is -0.339 e. The van der Waals surface area contributed by atoms with E-state index < -0.39 is 0 Å². The van der Waals surface area contributed by atoms with E-state index >= 15 is 0 Å². The number of piperazine rings is 1. The van der Waals surface area contributed by atoms with Gasteiger partial charge in [-0.1, -0.05) is 11.2 Å². The summed E-state index contributed by atoms with van der Waals surface area (Å²) >= 11 is 1.83. The zero-order chi connectivity index (χ0) is 16.2. The van der Waals surface area contributed by atoms with Gasteiger partial charge in [-0.25, -0.2) is 0 Å². The first-order valence-corrected chi connectivity index (χ1v) is 9.05. The van der Waals surface area contributed by atoms with Crippen molar-refractivity contribution in [3.05, 3.63) is 41.0 Å². The van der Waals surface area contributed by atoms with Crippen molar-refractivity contribution in [2.75, 3.05) is 32.4 Å². The molecule has 1 unspecified atom stereocenters. The van der Waals surface area contributed by atoms with Crippen LogP contribution in [0.15, 0.2) is 27.6 Å². The van der Waals surface area contributed by atoms with Crippen LogP contribution >= 0.6 is 24.2 Å². The molecule has 132 valence electrons. The average molecular weight is 369 g/mol. The first-order valence-electron chi connectivity index (χ1n) is 8.07. The number of thioether (sulfide) groups is 1. The molecule has 2 heterocycles. The molecule has 5 nitrogen and oxygen atoms in total. The van der Waals surface area contributed by atoms with Crippen LogP contribution in [0.3, 0.4) is 0 Å². The van der Waals surface area contributed by atoms with Crippen molar-refractivity contribution in [1.29, 1.82) is 0 Å². The van der Waals surface area contributed by atoms with E-state index in [-0.39, 0.29) is 18.4 Å². The highest BCUT2D eigenvalue weighted by molar-refractivity contribution is 7.99. The molecule has 0 saturated carbocycles. The van der Waals surface area contributed by atoms with Gasteiger partial charge in [-0.3, -0.25) is 4.90 Å². The maximum absolute atomic E-state index is 5.42. The second-order valence-corrected chi connectivity index (χ2v) is 7.26. The monoisotopic (exact) mass is 368 g/mol. The van der Waals surface area contributed by atoms with Gasteiger partial charge in [0, 0.05) is 36.7 Å². The molecule has 0 radical (unpaired) electrons. The van der Waals surface area contributed by atoms with Crippen molar-refractivity contribution in [2.45, 2.75) is 31.2 Å². The fraction of sp³-hybridized carbons (Fsp3) is 0.529. The van der Waals surface area contributed by atoms with Crippen molar-refractivity contribution in [3.8, 4) is 0 Å². The van der Waals surface area contributed by atoms with Gasteiger partial charge >= 0.3 is 0 Å². The molecule has 0 bridgehead atoms. The SMILES string of the molecule is Cc1ccc(SCCc2nc(C3CNCCN3C)no2)cc1C.Cl. The lowest BCUT2D eigenvalue weighted by Crippen LogP contribution is -2.44. The second kappa shape index (κ2) is 8.85. The van der Waals surface area contributed by atoms with Crippen molar-refractivity contribution < 1.29 is 4.52 Å². The summed E-state index contributed by atoms with van der Waals surface area (Å²) in [6, 6.07) is 6.80. The lowest BCUT2D eigenvalue weighted by Gasteiger charge is -2.30. The van der Waals surface area contributed by atoms with Crippen LogP contribution < -0.4 is 5.32 Å². The van der Waals surface area contributed by atoms with E-state index in [1.165, 1.54) is 16.0 Å². The molecule has 1 N–H and O–H groups in total. The number of nitrogens with zero attached hydrogens (tertiary/aromatic N) is 3. The van der Waals surface area contributed by atoms with Gasteiger partial charge in [-0.15, -0.1) is 24.2 Å². The number of benzene rings is 1. The summed E-state index contributed by atoms with van der Waals surface area (Å²) in [6.07, 6.45) is 0.800. The summed E-state index contributed by atoms with van der Waals surface area (Å²) in [6.45, 7) is 7.20. The third-order valence-corrected chi connectivity index (χ3v) is 5.35. The van der Waals surface area contributed by atoms with E-state index in [4.69, 9.17) is 4.52 Å². The Bertz CT molecular complexity index is 664. The Morgan fingerprint density at radius 3 is 2.92 bits per heavy atom. The smallest absolute Gasteiger partial charge is 0.227 e. The molecule has 7 heteroatoms. The highest BCUT2D eigenvalue weighted by Gasteiger charge is 2.25. The standard InChI is InChI=1S/C17H24N4OS.ClH/c1-12-4-5-14(10-13(12)2)23-9-6-16-19-17(20-22-16)15-11-18-7-8-21(15)3;/h4-5,10,15,18H,6-9,11H2,1-3H3;1H. The molecule has 1 aliphatic heterocycles. The quantitative estimate of drug-likeness (QED) is 0.819. The lowest BCUT2D eigenvalue weighted by atomic mass is 10.1. The molecule has 1 atom stereocenters. The number of rotatable bonds is 5. The highest BCUT2D eigenvalue weighted by atomic mass is 35.5. The molecule has 0 spiro atoms. The number of halogens is 1. The number of likely N-dealkylation sites (N-methyl/N-ethyl adjacent to an activating group) is 1.